The minimum absolute atomic E-state index is 0.114. The third kappa shape index (κ3) is 5.56. The molecule has 2 aromatic rings. The first-order chi connectivity index (χ1) is 14.1. The zero-order valence-corrected chi connectivity index (χ0v) is 16.9. The zero-order valence-electron chi connectivity index (χ0n) is 16.9. The van der Waals surface area contributed by atoms with Crippen LogP contribution in [0.25, 0.3) is 0 Å². The molecular formula is C23H30N2O4. The fourth-order valence-corrected chi connectivity index (χ4v) is 3.76. The molecule has 2 aromatic carbocycles. The van der Waals surface area contributed by atoms with Crippen molar-refractivity contribution in [3.05, 3.63) is 65.2 Å². The van der Waals surface area contributed by atoms with Gasteiger partial charge in [0.1, 0.15) is 0 Å². The molecule has 6 heteroatoms. The van der Waals surface area contributed by atoms with Gasteiger partial charge >= 0.3 is 5.97 Å². The van der Waals surface area contributed by atoms with Crippen LogP contribution in [0.3, 0.4) is 0 Å². The minimum Gasteiger partial charge on any atom is -0.464 e. The standard InChI is InChI=1S/C23H30N2O4/c1-2-29-23(28)22(27)15-24-13-11-21(26)19-9-6-10-20-18(19)12-14-25(20)16-17-7-4-3-5-8-17/h3-10,21-22,24,26-27H,2,11-16H2,1H3. The molecule has 0 bridgehead atoms. The number of carbonyl (C=O) groups is 1. The van der Waals surface area contributed by atoms with Crippen LogP contribution in [0.15, 0.2) is 48.5 Å². The smallest absolute Gasteiger partial charge is 0.336 e. The maximum Gasteiger partial charge on any atom is 0.336 e. The van der Waals surface area contributed by atoms with Crippen LogP contribution in [0.2, 0.25) is 0 Å². The molecule has 3 N–H and O–H groups in total. The fraction of sp³-hybridized carbons (Fsp3) is 0.435. The highest BCUT2D eigenvalue weighted by Crippen LogP contribution is 2.35. The highest BCUT2D eigenvalue weighted by atomic mass is 16.5. The molecule has 1 aliphatic rings. The highest BCUT2D eigenvalue weighted by molar-refractivity contribution is 5.74. The van der Waals surface area contributed by atoms with Gasteiger partial charge in [-0.3, -0.25) is 0 Å². The Morgan fingerprint density at radius 1 is 1.17 bits per heavy atom. The quantitative estimate of drug-likeness (QED) is 0.420. The summed E-state index contributed by atoms with van der Waals surface area (Å²) >= 11 is 0. The van der Waals surface area contributed by atoms with Crippen molar-refractivity contribution >= 4 is 11.7 Å². The number of nitrogens with zero attached hydrogens (tertiary/aromatic N) is 1. The maximum absolute atomic E-state index is 11.4. The van der Waals surface area contributed by atoms with Crippen molar-refractivity contribution in [3.63, 3.8) is 0 Å². The van der Waals surface area contributed by atoms with Gasteiger partial charge in [-0.15, -0.1) is 0 Å². The van der Waals surface area contributed by atoms with Crippen LogP contribution in [0, 0.1) is 0 Å². The molecule has 0 amide bonds. The van der Waals surface area contributed by atoms with Crippen molar-refractivity contribution in [3.8, 4) is 0 Å². The predicted octanol–water partition coefficient (Wildman–Crippen LogP) is 2.19. The van der Waals surface area contributed by atoms with E-state index in [0.29, 0.717) is 13.0 Å². The first-order valence-electron chi connectivity index (χ1n) is 10.2. The van der Waals surface area contributed by atoms with E-state index in [1.807, 2.05) is 18.2 Å². The van der Waals surface area contributed by atoms with E-state index in [0.717, 1.165) is 25.1 Å². The van der Waals surface area contributed by atoms with E-state index in [1.54, 1.807) is 6.92 Å². The number of aliphatic hydroxyl groups is 2. The lowest BCUT2D eigenvalue weighted by atomic mass is 9.98. The molecule has 0 aromatic heterocycles. The summed E-state index contributed by atoms with van der Waals surface area (Å²) in [4.78, 5) is 13.8. The Balaban J connectivity index is 1.54. The van der Waals surface area contributed by atoms with Crippen LogP contribution in [0.5, 0.6) is 0 Å². The molecule has 1 aliphatic heterocycles. The van der Waals surface area contributed by atoms with E-state index < -0.39 is 18.2 Å². The van der Waals surface area contributed by atoms with Crippen molar-refractivity contribution in [2.24, 2.45) is 0 Å². The number of hydrogen-bond donors (Lipinski definition) is 3. The molecule has 0 saturated carbocycles. The SMILES string of the molecule is CCOC(=O)C(O)CNCCC(O)c1cccc2c1CCN2Cc1ccccc1. The molecule has 6 nitrogen and oxygen atoms in total. The van der Waals surface area contributed by atoms with Crippen LogP contribution in [-0.4, -0.2) is 48.5 Å². The Hall–Kier alpha value is -2.41. The first kappa shape index (κ1) is 21.3. The van der Waals surface area contributed by atoms with E-state index >= 15 is 0 Å². The van der Waals surface area contributed by atoms with Gasteiger partial charge in [-0.2, -0.15) is 0 Å². The number of nitrogens with one attached hydrogen (secondary N) is 1. The number of rotatable bonds is 10. The van der Waals surface area contributed by atoms with E-state index in [1.165, 1.54) is 16.8 Å². The normalized spacial score (nSPS) is 15.1. The molecule has 29 heavy (non-hydrogen) atoms. The third-order valence-electron chi connectivity index (χ3n) is 5.23. The van der Waals surface area contributed by atoms with Gasteiger partial charge in [-0.25, -0.2) is 4.79 Å². The third-order valence-corrected chi connectivity index (χ3v) is 5.23. The number of carbonyl (C=O) groups excluding carboxylic acids is 1. The number of esters is 1. The van der Waals surface area contributed by atoms with Gasteiger partial charge in [0.05, 0.1) is 12.7 Å². The number of ether oxygens (including phenoxy) is 1. The van der Waals surface area contributed by atoms with Gasteiger partial charge in [0.2, 0.25) is 0 Å². The number of fused-ring (bicyclic) bond motifs is 1. The zero-order chi connectivity index (χ0) is 20.6. The minimum atomic E-state index is -1.18. The molecule has 1 heterocycles. The second-order valence-electron chi connectivity index (χ2n) is 7.28. The highest BCUT2D eigenvalue weighted by Gasteiger charge is 2.24. The first-order valence-corrected chi connectivity index (χ1v) is 10.2. The lowest BCUT2D eigenvalue weighted by Crippen LogP contribution is -2.35. The Kier molecular flexibility index (Phi) is 7.63. The number of anilines is 1. The van der Waals surface area contributed by atoms with Gasteiger partial charge in [0.25, 0.3) is 0 Å². The fourth-order valence-electron chi connectivity index (χ4n) is 3.76. The second kappa shape index (κ2) is 10.4. The summed E-state index contributed by atoms with van der Waals surface area (Å²) < 4.78 is 4.77. The van der Waals surface area contributed by atoms with E-state index in [4.69, 9.17) is 4.74 Å². The molecular weight excluding hydrogens is 368 g/mol. The monoisotopic (exact) mass is 398 g/mol. The molecule has 0 spiro atoms. The van der Waals surface area contributed by atoms with Gasteiger partial charge in [0, 0.05) is 25.3 Å². The number of aliphatic hydroxyl groups excluding tert-OH is 2. The van der Waals surface area contributed by atoms with Crippen molar-refractivity contribution in [1.82, 2.24) is 5.32 Å². The van der Waals surface area contributed by atoms with Crippen molar-refractivity contribution < 1.29 is 19.7 Å². The van der Waals surface area contributed by atoms with Gasteiger partial charge in [-0.05, 0) is 49.1 Å². The average molecular weight is 399 g/mol. The topological polar surface area (TPSA) is 82.0 Å². The van der Waals surface area contributed by atoms with Crippen LogP contribution in [0.1, 0.15) is 36.1 Å². The van der Waals surface area contributed by atoms with Crippen LogP contribution >= 0.6 is 0 Å². The maximum atomic E-state index is 11.4. The van der Waals surface area contributed by atoms with E-state index in [-0.39, 0.29) is 13.2 Å². The summed E-state index contributed by atoms with van der Waals surface area (Å²) in [6, 6.07) is 16.5. The van der Waals surface area contributed by atoms with E-state index in [9.17, 15) is 15.0 Å². The van der Waals surface area contributed by atoms with Crippen LogP contribution in [0.4, 0.5) is 5.69 Å². The Morgan fingerprint density at radius 3 is 2.72 bits per heavy atom. The molecule has 3 rings (SSSR count). The lowest BCUT2D eigenvalue weighted by molar-refractivity contribution is -0.152. The second-order valence-corrected chi connectivity index (χ2v) is 7.28. The molecule has 2 atom stereocenters. The Morgan fingerprint density at radius 2 is 1.97 bits per heavy atom. The lowest BCUT2D eigenvalue weighted by Gasteiger charge is -2.21. The summed E-state index contributed by atoms with van der Waals surface area (Å²) in [7, 11) is 0. The van der Waals surface area contributed by atoms with Gasteiger partial charge in [-0.1, -0.05) is 42.5 Å². The van der Waals surface area contributed by atoms with Gasteiger partial charge < -0.3 is 25.2 Å². The molecule has 156 valence electrons. The molecule has 0 saturated heterocycles. The summed E-state index contributed by atoms with van der Waals surface area (Å²) in [6.45, 7) is 4.36. The Bertz CT molecular complexity index is 797. The number of benzene rings is 2. The van der Waals surface area contributed by atoms with Crippen molar-refractivity contribution in [2.45, 2.75) is 38.5 Å². The van der Waals surface area contributed by atoms with Gasteiger partial charge in [0.15, 0.2) is 6.10 Å². The Labute approximate surface area is 172 Å². The van der Waals surface area contributed by atoms with Crippen molar-refractivity contribution in [1.29, 1.82) is 0 Å². The molecule has 0 aliphatic carbocycles. The number of hydrogen-bond acceptors (Lipinski definition) is 6. The van der Waals surface area contributed by atoms with Crippen LogP contribution in [-0.2, 0) is 22.5 Å². The summed E-state index contributed by atoms with van der Waals surface area (Å²) in [6.07, 6.45) is -0.344. The summed E-state index contributed by atoms with van der Waals surface area (Å²) in [5.41, 5.74) is 4.64. The summed E-state index contributed by atoms with van der Waals surface area (Å²) in [5.74, 6) is -0.625. The van der Waals surface area contributed by atoms with Crippen molar-refractivity contribution in [2.75, 3.05) is 31.1 Å². The summed E-state index contributed by atoms with van der Waals surface area (Å²) in [5, 5.41) is 23.4. The molecule has 2 unspecified atom stereocenters. The predicted molar refractivity (Wildman–Crippen MR) is 113 cm³/mol. The average Bonchev–Trinajstić information content (AvgIpc) is 3.14. The van der Waals surface area contributed by atoms with E-state index in [2.05, 4.69) is 40.5 Å². The molecule has 0 fully saturated rings. The largest absolute Gasteiger partial charge is 0.464 e. The van der Waals surface area contributed by atoms with Crippen LogP contribution < -0.4 is 10.2 Å². The molecule has 0 radical (unpaired) electrons.